The number of hydrogen-bond acceptors (Lipinski definition) is 3. The Hall–Kier alpha value is -2.66. The smallest absolute Gasteiger partial charge is 0.266 e. The summed E-state index contributed by atoms with van der Waals surface area (Å²) in [4.78, 5) is 34.6. The molecule has 0 aliphatic heterocycles. The summed E-state index contributed by atoms with van der Waals surface area (Å²) in [7, 11) is 0. The zero-order valence-corrected chi connectivity index (χ0v) is 21.1. The molecule has 0 radical (unpaired) electrons. The molecule has 1 atom stereocenters. The second-order valence-electron chi connectivity index (χ2n) is 9.75. The average molecular weight is 480 g/mol. The van der Waals surface area contributed by atoms with Gasteiger partial charge in [-0.15, -0.1) is 0 Å². The van der Waals surface area contributed by atoms with Crippen molar-refractivity contribution in [3.8, 4) is 5.69 Å². The molecule has 1 aliphatic carbocycles. The number of halogens is 1. The molecule has 180 valence electrons. The Balaban J connectivity index is 1.91. The van der Waals surface area contributed by atoms with Crippen LogP contribution in [0.3, 0.4) is 0 Å². The Morgan fingerprint density at radius 1 is 1.12 bits per heavy atom. The van der Waals surface area contributed by atoms with E-state index in [-0.39, 0.29) is 23.4 Å². The first-order valence-corrected chi connectivity index (χ1v) is 12.9. The van der Waals surface area contributed by atoms with E-state index < -0.39 is 0 Å². The predicted octanol–water partition coefficient (Wildman–Crippen LogP) is 6.56. The Morgan fingerprint density at radius 3 is 2.53 bits per heavy atom. The maximum absolute atomic E-state index is 13.8. The van der Waals surface area contributed by atoms with Gasteiger partial charge in [0.05, 0.1) is 22.6 Å². The second kappa shape index (κ2) is 10.7. The van der Waals surface area contributed by atoms with Gasteiger partial charge < -0.3 is 4.90 Å². The summed E-state index contributed by atoms with van der Waals surface area (Å²) in [5, 5.41) is 1.10. The monoisotopic (exact) mass is 479 g/mol. The van der Waals surface area contributed by atoms with Gasteiger partial charge in [0, 0.05) is 17.5 Å². The van der Waals surface area contributed by atoms with Gasteiger partial charge in [-0.25, -0.2) is 4.98 Å². The van der Waals surface area contributed by atoms with Crippen molar-refractivity contribution < 1.29 is 4.79 Å². The highest BCUT2D eigenvalue weighted by molar-refractivity contribution is 6.30. The molecule has 1 fully saturated rings. The summed E-state index contributed by atoms with van der Waals surface area (Å²) in [5.74, 6) is 1.14. The number of fused-ring (bicyclic) bond motifs is 1. The molecule has 3 aromatic rings. The van der Waals surface area contributed by atoms with Crippen LogP contribution in [-0.4, -0.2) is 26.9 Å². The maximum Gasteiger partial charge on any atom is 0.266 e. The third-order valence-corrected chi connectivity index (χ3v) is 6.96. The summed E-state index contributed by atoms with van der Waals surface area (Å²) < 4.78 is 1.66. The van der Waals surface area contributed by atoms with Gasteiger partial charge in [0.25, 0.3) is 5.56 Å². The highest BCUT2D eigenvalue weighted by Gasteiger charge is 2.33. The summed E-state index contributed by atoms with van der Waals surface area (Å²) in [5.41, 5.74) is 1.17. The summed E-state index contributed by atoms with van der Waals surface area (Å²) in [6, 6.07) is 14.4. The molecule has 1 aromatic heterocycles. The molecule has 0 saturated heterocycles. The molecule has 34 heavy (non-hydrogen) atoms. The molecule has 1 aliphatic rings. The van der Waals surface area contributed by atoms with E-state index in [1.54, 1.807) is 22.8 Å². The lowest BCUT2D eigenvalue weighted by molar-refractivity contribution is -0.140. The molecule has 2 aromatic carbocycles. The van der Waals surface area contributed by atoms with Crippen molar-refractivity contribution in [2.24, 2.45) is 11.8 Å². The molecule has 1 amide bonds. The second-order valence-corrected chi connectivity index (χ2v) is 10.2. The number of carbonyl (C=O) groups excluding carboxylic acids is 1. The zero-order valence-electron chi connectivity index (χ0n) is 20.3. The van der Waals surface area contributed by atoms with E-state index in [1.807, 2.05) is 35.2 Å². The van der Waals surface area contributed by atoms with Gasteiger partial charge in [0.2, 0.25) is 5.91 Å². The molecule has 0 spiro atoms. The SMILES string of the molecule is CCC(c1nc2ccccc2c(=O)n1-c1cccc(Cl)c1)N(CC(C)C)C(=O)C1CCCCC1. The molecular formula is C28H34ClN3O2. The van der Waals surface area contributed by atoms with E-state index in [2.05, 4.69) is 20.8 Å². The molecule has 0 N–H and O–H groups in total. The number of nitrogens with zero attached hydrogens (tertiary/aromatic N) is 3. The molecule has 1 heterocycles. The van der Waals surface area contributed by atoms with Gasteiger partial charge in [-0.05, 0) is 55.5 Å². The number of benzene rings is 2. The van der Waals surface area contributed by atoms with E-state index >= 15 is 0 Å². The molecule has 6 heteroatoms. The van der Waals surface area contributed by atoms with Crippen LogP contribution >= 0.6 is 11.6 Å². The largest absolute Gasteiger partial charge is 0.332 e. The number of rotatable bonds is 7. The van der Waals surface area contributed by atoms with Crippen LogP contribution in [0.1, 0.15) is 71.2 Å². The third-order valence-electron chi connectivity index (χ3n) is 6.73. The first kappa shape index (κ1) is 24.5. The number of aromatic nitrogens is 2. The molecule has 0 bridgehead atoms. The van der Waals surface area contributed by atoms with Crippen molar-refractivity contribution >= 4 is 28.4 Å². The highest BCUT2D eigenvalue weighted by atomic mass is 35.5. The minimum absolute atomic E-state index is 0.0494. The Morgan fingerprint density at radius 2 is 1.85 bits per heavy atom. The van der Waals surface area contributed by atoms with E-state index in [0.717, 1.165) is 25.7 Å². The Bertz CT molecular complexity index is 1210. The average Bonchev–Trinajstić information content (AvgIpc) is 2.84. The maximum atomic E-state index is 13.8. The van der Waals surface area contributed by atoms with Gasteiger partial charge in [-0.2, -0.15) is 0 Å². The Kier molecular flexibility index (Phi) is 7.72. The van der Waals surface area contributed by atoms with E-state index in [0.29, 0.717) is 46.3 Å². The van der Waals surface area contributed by atoms with Crippen molar-refractivity contribution in [2.75, 3.05) is 6.54 Å². The van der Waals surface area contributed by atoms with E-state index in [1.165, 1.54) is 6.42 Å². The van der Waals surface area contributed by atoms with Crippen molar-refractivity contribution in [2.45, 2.75) is 65.3 Å². The van der Waals surface area contributed by atoms with E-state index in [4.69, 9.17) is 16.6 Å². The summed E-state index contributed by atoms with van der Waals surface area (Å²) in [6.45, 7) is 6.96. The van der Waals surface area contributed by atoms with Crippen molar-refractivity contribution in [1.29, 1.82) is 0 Å². The third kappa shape index (κ3) is 5.05. The first-order chi connectivity index (χ1) is 16.4. The lowest BCUT2D eigenvalue weighted by atomic mass is 9.87. The predicted molar refractivity (Wildman–Crippen MR) is 139 cm³/mol. The van der Waals surface area contributed by atoms with Crippen LogP contribution in [0.25, 0.3) is 16.6 Å². The lowest BCUT2D eigenvalue weighted by Crippen LogP contribution is -2.43. The van der Waals surface area contributed by atoms with Crippen molar-refractivity contribution in [3.05, 3.63) is 69.7 Å². The fourth-order valence-corrected chi connectivity index (χ4v) is 5.31. The molecule has 4 rings (SSSR count). The molecular weight excluding hydrogens is 446 g/mol. The first-order valence-electron chi connectivity index (χ1n) is 12.5. The van der Waals surface area contributed by atoms with Crippen LogP contribution in [0.5, 0.6) is 0 Å². The summed E-state index contributed by atoms with van der Waals surface area (Å²) >= 11 is 6.31. The fourth-order valence-electron chi connectivity index (χ4n) is 5.13. The topological polar surface area (TPSA) is 55.2 Å². The van der Waals surface area contributed by atoms with Crippen molar-refractivity contribution in [3.63, 3.8) is 0 Å². The normalized spacial score (nSPS) is 15.6. The van der Waals surface area contributed by atoms with Gasteiger partial charge >= 0.3 is 0 Å². The number of carbonyl (C=O) groups is 1. The van der Waals surface area contributed by atoms with Gasteiger partial charge in [-0.1, -0.05) is 69.8 Å². The van der Waals surface area contributed by atoms with Gasteiger partial charge in [0.15, 0.2) is 0 Å². The fraction of sp³-hybridized carbons (Fsp3) is 0.464. The molecule has 1 unspecified atom stereocenters. The minimum atomic E-state index is -0.312. The standard InChI is InChI=1S/C28H34ClN3O2/c1-4-25(31(18-19(2)3)27(33)20-11-6-5-7-12-20)26-30-24-16-9-8-15-23(24)28(34)32(26)22-14-10-13-21(29)17-22/h8-10,13-17,19-20,25H,4-7,11-12,18H2,1-3H3. The van der Waals surface area contributed by atoms with Gasteiger partial charge in [-0.3, -0.25) is 14.2 Å². The van der Waals surface area contributed by atoms with E-state index in [9.17, 15) is 9.59 Å². The van der Waals surface area contributed by atoms with Crippen molar-refractivity contribution in [1.82, 2.24) is 14.5 Å². The minimum Gasteiger partial charge on any atom is -0.332 e. The van der Waals surface area contributed by atoms with Crippen LogP contribution in [0, 0.1) is 11.8 Å². The number of amides is 1. The highest BCUT2D eigenvalue weighted by Crippen LogP contribution is 2.32. The Labute approximate surface area is 206 Å². The van der Waals surface area contributed by atoms with Crippen LogP contribution in [0.2, 0.25) is 5.02 Å². The van der Waals surface area contributed by atoms with Gasteiger partial charge in [0.1, 0.15) is 5.82 Å². The number of hydrogen-bond donors (Lipinski definition) is 0. The van der Waals surface area contributed by atoms with Crippen LogP contribution in [0.15, 0.2) is 53.3 Å². The quantitative estimate of drug-likeness (QED) is 0.385. The van der Waals surface area contributed by atoms with Crippen LogP contribution < -0.4 is 5.56 Å². The molecule has 5 nitrogen and oxygen atoms in total. The summed E-state index contributed by atoms with van der Waals surface area (Å²) in [6.07, 6.45) is 5.95. The molecule has 1 saturated carbocycles. The number of para-hydroxylation sites is 1. The van der Waals surface area contributed by atoms with Crippen LogP contribution in [0.4, 0.5) is 0 Å². The van der Waals surface area contributed by atoms with Crippen LogP contribution in [-0.2, 0) is 4.79 Å². The lowest BCUT2D eigenvalue weighted by Gasteiger charge is -2.36. The zero-order chi connectivity index (χ0) is 24.2.